The third kappa shape index (κ3) is 5.53. The third-order valence-corrected chi connectivity index (χ3v) is 7.24. The Hall–Kier alpha value is -3.94. The van der Waals surface area contributed by atoms with Gasteiger partial charge in [-0.3, -0.25) is 4.79 Å². The van der Waals surface area contributed by atoms with Gasteiger partial charge in [0.15, 0.2) is 5.82 Å². The topological polar surface area (TPSA) is 81.3 Å². The normalized spacial score (nSPS) is 13.8. The van der Waals surface area contributed by atoms with Crippen molar-refractivity contribution >= 4 is 22.8 Å². The van der Waals surface area contributed by atoms with Crippen LogP contribution in [0.15, 0.2) is 51.3 Å². The largest absolute Gasteiger partial charge is 0.497 e. The van der Waals surface area contributed by atoms with Crippen molar-refractivity contribution in [3.8, 4) is 22.8 Å². The van der Waals surface area contributed by atoms with E-state index in [0.29, 0.717) is 45.6 Å². The molecule has 1 aromatic heterocycles. The second-order valence-electron chi connectivity index (χ2n) is 11.2. The van der Waals surface area contributed by atoms with Gasteiger partial charge in [0.2, 0.25) is 0 Å². The van der Waals surface area contributed by atoms with Gasteiger partial charge in [-0.15, -0.1) is 0 Å². The molecule has 4 rings (SSSR count). The lowest BCUT2D eigenvalue weighted by Gasteiger charge is -2.23. The summed E-state index contributed by atoms with van der Waals surface area (Å²) < 4.78 is 12.5. The Morgan fingerprint density at radius 2 is 1.77 bits per heavy atom. The maximum atomic E-state index is 13.7. The second kappa shape index (κ2) is 11.7. The molecule has 1 aliphatic heterocycles. The van der Waals surface area contributed by atoms with Gasteiger partial charge in [0, 0.05) is 35.3 Å². The molecule has 0 unspecified atom stereocenters. The van der Waals surface area contributed by atoms with Gasteiger partial charge in [-0.1, -0.05) is 34.1 Å². The summed E-state index contributed by atoms with van der Waals surface area (Å²) in [6, 6.07) is 11.8. The van der Waals surface area contributed by atoms with Gasteiger partial charge in [-0.25, -0.2) is 9.98 Å². The van der Waals surface area contributed by atoms with Crippen LogP contribution in [0.4, 0.5) is 11.4 Å². The molecule has 212 valence electrons. The highest BCUT2D eigenvalue weighted by atomic mass is 16.5. The zero-order chi connectivity index (χ0) is 29.2. The van der Waals surface area contributed by atoms with Crippen molar-refractivity contribution in [2.45, 2.75) is 61.3 Å². The molecule has 0 amide bonds. The fraction of sp³-hybridized carbons (Fsp3) is 0.438. The zero-order valence-corrected chi connectivity index (χ0v) is 25.3. The number of fused-ring (bicyclic) bond motifs is 1. The molecule has 0 spiro atoms. The van der Waals surface area contributed by atoms with Crippen LogP contribution >= 0.6 is 0 Å². The van der Waals surface area contributed by atoms with Crippen molar-refractivity contribution in [3.05, 3.63) is 63.7 Å². The smallest absolute Gasteiger partial charge is 0.278 e. The molecule has 0 saturated heterocycles. The first-order valence-corrected chi connectivity index (χ1v) is 13.9. The maximum absolute atomic E-state index is 13.7. The molecule has 40 heavy (non-hydrogen) atoms. The SMILES string of the molecule is CCCCN(CC)c1ccc(/N=C2/C(C(C)(C)C)=Nn3c2nc(-c2cc(OC)ccc2OC)c(C)c3=O)c(C)c1. The number of aryl methyl sites for hydroxylation is 1. The first kappa shape index (κ1) is 29.1. The number of hydrogen-bond donors (Lipinski definition) is 0. The lowest BCUT2D eigenvalue weighted by molar-refractivity contribution is 0.404. The van der Waals surface area contributed by atoms with Crippen molar-refractivity contribution in [2.24, 2.45) is 15.5 Å². The maximum Gasteiger partial charge on any atom is 0.278 e. The number of hydrogen-bond acceptors (Lipinski definition) is 7. The van der Waals surface area contributed by atoms with Crippen LogP contribution in [-0.4, -0.2) is 48.4 Å². The van der Waals surface area contributed by atoms with Gasteiger partial charge < -0.3 is 14.4 Å². The molecule has 0 atom stereocenters. The predicted molar refractivity (Wildman–Crippen MR) is 164 cm³/mol. The summed E-state index contributed by atoms with van der Waals surface area (Å²) >= 11 is 0. The van der Waals surface area contributed by atoms with Crippen LogP contribution in [0, 0.1) is 19.3 Å². The molecule has 0 radical (unpaired) electrons. The number of rotatable bonds is 9. The monoisotopic (exact) mass is 543 g/mol. The lowest BCUT2D eigenvalue weighted by atomic mass is 9.87. The number of anilines is 1. The van der Waals surface area contributed by atoms with Crippen molar-refractivity contribution < 1.29 is 9.47 Å². The van der Waals surface area contributed by atoms with Crippen LogP contribution in [0.2, 0.25) is 0 Å². The number of methoxy groups -OCH3 is 2. The molecule has 8 heteroatoms. The van der Waals surface area contributed by atoms with Crippen LogP contribution in [0.1, 0.15) is 64.4 Å². The fourth-order valence-electron chi connectivity index (χ4n) is 4.86. The molecule has 2 heterocycles. The Labute approximate surface area is 237 Å². The molecule has 3 aromatic rings. The van der Waals surface area contributed by atoms with E-state index in [-0.39, 0.29) is 11.0 Å². The highest BCUT2D eigenvalue weighted by Crippen LogP contribution is 2.35. The summed E-state index contributed by atoms with van der Waals surface area (Å²) in [5.41, 5.74) is 5.44. The minimum atomic E-state index is -0.367. The summed E-state index contributed by atoms with van der Waals surface area (Å²) in [7, 11) is 3.21. The average molecular weight is 544 g/mol. The van der Waals surface area contributed by atoms with Crippen molar-refractivity contribution in [1.82, 2.24) is 9.66 Å². The Bertz CT molecular complexity index is 1530. The number of nitrogens with zero attached hydrogens (tertiary/aromatic N) is 5. The average Bonchev–Trinajstić information content (AvgIpc) is 3.31. The molecule has 0 bridgehead atoms. The van der Waals surface area contributed by atoms with E-state index in [9.17, 15) is 4.79 Å². The molecule has 8 nitrogen and oxygen atoms in total. The van der Waals surface area contributed by atoms with Crippen LogP contribution in [0.25, 0.3) is 11.3 Å². The van der Waals surface area contributed by atoms with E-state index in [4.69, 9.17) is 24.6 Å². The molecule has 0 aliphatic carbocycles. The minimum absolute atomic E-state index is 0.238. The predicted octanol–water partition coefficient (Wildman–Crippen LogP) is 6.56. The van der Waals surface area contributed by atoms with E-state index in [1.165, 1.54) is 10.4 Å². The van der Waals surface area contributed by atoms with E-state index in [1.807, 2.05) is 24.3 Å². The van der Waals surface area contributed by atoms with Gasteiger partial charge in [0.05, 0.1) is 31.3 Å². The van der Waals surface area contributed by atoms with Crippen LogP contribution in [0.3, 0.4) is 0 Å². The molecular formula is C32H41N5O3. The Kier molecular flexibility index (Phi) is 8.47. The van der Waals surface area contributed by atoms with Crippen molar-refractivity contribution in [2.75, 3.05) is 32.2 Å². The Morgan fingerprint density at radius 3 is 2.38 bits per heavy atom. The summed E-state index contributed by atoms with van der Waals surface area (Å²) in [6.07, 6.45) is 2.31. The highest BCUT2D eigenvalue weighted by Gasteiger charge is 2.35. The quantitative estimate of drug-likeness (QED) is 0.305. The molecule has 0 N–H and O–H groups in total. The van der Waals surface area contributed by atoms with Gasteiger partial charge in [-0.2, -0.15) is 9.78 Å². The molecular weight excluding hydrogens is 502 g/mol. The molecule has 0 fully saturated rings. The fourth-order valence-corrected chi connectivity index (χ4v) is 4.86. The van der Waals surface area contributed by atoms with E-state index in [2.05, 4.69) is 58.6 Å². The van der Waals surface area contributed by atoms with E-state index < -0.39 is 0 Å². The van der Waals surface area contributed by atoms with Gasteiger partial charge in [0.1, 0.15) is 17.2 Å². The van der Waals surface area contributed by atoms with Crippen molar-refractivity contribution in [1.29, 1.82) is 0 Å². The number of ether oxygens (including phenoxy) is 2. The van der Waals surface area contributed by atoms with E-state index in [0.717, 1.165) is 37.2 Å². The lowest BCUT2D eigenvalue weighted by Crippen LogP contribution is -2.28. The summed E-state index contributed by atoms with van der Waals surface area (Å²) in [5, 5.41) is 4.76. The summed E-state index contributed by atoms with van der Waals surface area (Å²) in [5.74, 6) is 1.67. The van der Waals surface area contributed by atoms with E-state index >= 15 is 0 Å². The number of benzene rings is 2. The Morgan fingerprint density at radius 1 is 1.02 bits per heavy atom. The first-order chi connectivity index (χ1) is 19.0. The third-order valence-electron chi connectivity index (χ3n) is 7.24. The highest BCUT2D eigenvalue weighted by molar-refractivity contribution is 6.50. The Balaban J connectivity index is 1.90. The zero-order valence-electron chi connectivity index (χ0n) is 25.3. The van der Waals surface area contributed by atoms with Gasteiger partial charge in [0.25, 0.3) is 5.56 Å². The summed E-state index contributed by atoms with van der Waals surface area (Å²) in [6.45, 7) is 16.4. The standard InChI is InChI=1S/C32H41N5O3/c1-10-12-17-36(11-2)22-13-15-25(20(3)18-22)33-28-29(32(5,6)7)35-37-30(28)34-27(21(4)31(37)38)24-19-23(39-8)14-16-26(24)40-9/h13-16,18-19H,10-12,17H2,1-9H3/b33-28-. The van der Waals surface area contributed by atoms with Crippen LogP contribution in [-0.2, 0) is 0 Å². The number of unbranched alkanes of at least 4 members (excludes halogenated alkanes) is 1. The number of aliphatic imine (C=N–C) groups is 1. The summed E-state index contributed by atoms with van der Waals surface area (Å²) in [4.78, 5) is 26.2. The second-order valence-corrected chi connectivity index (χ2v) is 11.2. The first-order valence-electron chi connectivity index (χ1n) is 13.9. The van der Waals surface area contributed by atoms with E-state index in [1.54, 1.807) is 21.1 Å². The minimum Gasteiger partial charge on any atom is -0.497 e. The molecule has 2 aromatic carbocycles. The van der Waals surface area contributed by atoms with Crippen LogP contribution in [0.5, 0.6) is 11.5 Å². The molecule has 0 saturated carbocycles. The van der Waals surface area contributed by atoms with Crippen LogP contribution < -0.4 is 19.9 Å². The van der Waals surface area contributed by atoms with Gasteiger partial charge in [-0.05, 0) is 69.2 Å². The van der Waals surface area contributed by atoms with Gasteiger partial charge >= 0.3 is 0 Å². The number of aromatic nitrogens is 2. The van der Waals surface area contributed by atoms with Crippen molar-refractivity contribution in [3.63, 3.8) is 0 Å². The molecule has 1 aliphatic rings.